The van der Waals surface area contributed by atoms with Crippen molar-refractivity contribution in [1.82, 2.24) is 9.29 Å². The van der Waals surface area contributed by atoms with Gasteiger partial charge in [-0.3, -0.25) is 0 Å². The van der Waals surface area contributed by atoms with E-state index in [-0.39, 0.29) is 16.3 Å². The Balaban J connectivity index is 2.48. The Morgan fingerprint density at radius 1 is 1.47 bits per heavy atom. The highest BCUT2D eigenvalue weighted by atomic mass is 32.2. The fourth-order valence-corrected chi connectivity index (χ4v) is 4.13. The second-order valence-electron chi connectivity index (χ2n) is 4.89. The number of nitrogens with two attached hydrogens (primary N) is 1. The number of rotatable bonds is 2. The quantitative estimate of drug-likeness (QED) is 0.862. The zero-order valence-corrected chi connectivity index (χ0v) is 10.9. The standard InChI is InChI=1S/C11H17N3O2S/c1-11(2)6-4-8-14(11)17(15,16)10-9(12)5-3-7-13-10/h3,5,7H,4,6,8,12H2,1-2H3. The topological polar surface area (TPSA) is 76.3 Å². The number of hydrogen-bond acceptors (Lipinski definition) is 4. The number of pyridine rings is 1. The summed E-state index contributed by atoms with van der Waals surface area (Å²) in [4.78, 5) is 3.91. The third-order valence-electron chi connectivity index (χ3n) is 3.16. The summed E-state index contributed by atoms with van der Waals surface area (Å²) in [5, 5.41) is -0.0324. The molecule has 1 aliphatic rings. The van der Waals surface area contributed by atoms with Crippen molar-refractivity contribution in [3.63, 3.8) is 0 Å². The molecule has 0 unspecified atom stereocenters. The number of aromatic nitrogens is 1. The molecule has 0 bridgehead atoms. The van der Waals surface area contributed by atoms with Gasteiger partial charge in [-0.2, -0.15) is 4.31 Å². The third kappa shape index (κ3) is 2.02. The molecular weight excluding hydrogens is 238 g/mol. The molecule has 1 aromatic rings. The summed E-state index contributed by atoms with van der Waals surface area (Å²) in [5.74, 6) is 0. The lowest BCUT2D eigenvalue weighted by molar-refractivity contribution is 0.291. The highest BCUT2D eigenvalue weighted by Crippen LogP contribution is 2.34. The molecule has 6 heteroatoms. The molecule has 1 aromatic heterocycles. The highest BCUT2D eigenvalue weighted by molar-refractivity contribution is 7.89. The fraction of sp³-hybridized carbons (Fsp3) is 0.545. The second-order valence-corrected chi connectivity index (χ2v) is 6.67. The van der Waals surface area contributed by atoms with Crippen LogP contribution in [0.25, 0.3) is 0 Å². The predicted octanol–water partition coefficient (Wildman–Crippen LogP) is 1.23. The molecular formula is C11H17N3O2S. The van der Waals surface area contributed by atoms with Crippen LogP contribution >= 0.6 is 0 Å². The van der Waals surface area contributed by atoms with Gasteiger partial charge in [-0.15, -0.1) is 0 Å². The van der Waals surface area contributed by atoms with E-state index in [2.05, 4.69) is 4.98 Å². The number of anilines is 1. The van der Waals surface area contributed by atoms with E-state index in [1.807, 2.05) is 13.8 Å². The predicted molar refractivity (Wildman–Crippen MR) is 65.9 cm³/mol. The first-order chi connectivity index (χ1) is 7.86. The minimum atomic E-state index is -3.58. The van der Waals surface area contributed by atoms with Crippen LogP contribution in [0.5, 0.6) is 0 Å². The van der Waals surface area contributed by atoms with Gasteiger partial charge >= 0.3 is 0 Å². The van der Waals surface area contributed by atoms with Crippen LogP contribution in [-0.2, 0) is 10.0 Å². The summed E-state index contributed by atoms with van der Waals surface area (Å²) >= 11 is 0. The zero-order valence-electron chi connectivity index (χ0n) is 10.0. The lowest BCUT2D eigenvalue weighted by atomic mass is 10.0. The van der Waals surface area contributed by atoms with Crippen LogP contribution in [0.4, 0.5) is 5.69 Å². The maximum Gasteiger partial charge on any atom is 0.263 e. The summed E-state index contributed by atoms with van der Waals surface area (Å²) in [6, 6.07) is 3.19. The van der Waals surface area contributed by atoms with Gasteiger partial charge in [-0.05, 0) is 38.8 Å². The molecule has 2 N–H and O–H groups in total. The Kier molecular flexibility index (Phi) is 2.87. The first-order valence-corrected chi connectivity index (χ1v) is 7.03. The number of sulfonamides is 1. The van der Waals surface area contributed by atoms with Crippen molar-refractivity contribution in [2.45, 2.75) is 37.3 Å². The van der Waals surface area contributed by atoms with Gasteiger partial charge in [0.2, 0.25) is 0 Å². The second kappa shape index (κ2) is 3.96. The molecule has 17 heavy (non-hydrogen) atoms. The van der Waals surface area contributed by atoms with E-state index in [0.717, 1.165) is 12.8 Å². The Hall–Kier alpha value is -1.14. The monoisotopic (exact) mass is 255 g/mol. The van der Waals surface area contributed by atoms with Gasteiger partial charge in [-0.1, -0.05) is 0 Å². The highest BCUT2D eigenvalue weighted by Gasteiger charge is 2.42. The van der Waals surface area contributed by atoms with Gasteiger partial charge in [0.15, 0.2) is 5.03 Å². The van der Waals surface area contributed by atoms with Crippen molar-refractivity contribution in [2.75, 3.05) is 12.3 Å². The maximum atomic E-state index is 12.5. The average molecular weight is 255 g/mol. The Bertz CT molecular complexity index is 525. The zero-order chi connectivity index (χ0) is 12.7. The fourth-order valence-electron chi connectivity index (χ4n) is 2.25. The lowest BCUT2D eigenvalue weighted by Gasteiger charge is -2.30. The number of nitrogen functional groups attached to an aromatic ring is 1. The molecule has 0 aliphatic carbocycles. The van der Waals surface area contributed by atoms with E-state index < -0.39 is 10.0 Å². The maximum absolute atomic E-state index is 12.5. The molecule has 0 spiro atoms. The average Bonchev–Trinajstić information content (AvgIpc) is 2.59. The van der Waals surface area contributed by atoms with Gasteiger partial charge < -0.3 is 5.73 Å². The van der Waals surface area contributed by atoms with Crippen LogP contribution < -0.4 is 5.73 Å². The number of hydrogen-bond donors (Lipinski definition) is 1. The molecule has 2 heterocycles. The van der Waals surface area contributed by atoms with E-state index in [1.165, 1.54) is 10.5 Å². The van der Waals surface area contributed by atoms with Crippen LogP contribution in [0.2, 0.25) is 0 Å². The van der Waals surface area contributed by atoms with Crippen LogP contribution in [0.3, 0.4) is 0 Å². The van der Waals surface area contributed by atoms with Gasteiger partial charge in [0, 0.05) is 18.3 Å². The van der Waals surface area contributed by atoms with Gasteiger partial charge in [-0.25, -0.2) is 13.4 Å². The lowest BCUT2D eigenvalue weighted by Crippen LogP contribution is -2.43. The summed E-state index contributed by atoms with van der Waals surface area (Å²) < 4.78 is 26.4. The van der Waals surface area contributed by atoms with E-state index in [1.54, 1.807) is 12.1 Å². The van der Waals surface area contributed by atoms with Crippen molar-refractivity contribution < 1.29 is 8.42 Å². The Morgan fingerprint density at radius 3 is 2.71 bits per heavy atom. The normalized spacial score (nSPS) is 20.6. The van der Waals surface area contributed by atoms with E-state index >= 15 is 0 Å². The minimum Gasteiger partial charge on any atom is -0.396 e. The van der Waals surface area contributed by atoms with Crippen LogP contribution in [0.15, 0.2) is 23.4 Å². The summed E-state index contributed by atoms with van der Waals surface area (Å²) in [5.41, 5.74) is 5.54. The molecule has 1 aliphatic heterocycles. The van der Waals surface area contributed by atoms with Crippen molar-refractivity contribution >= 4 is 15.7 Å². The van der Waals surface area contributed by atoms with E-state index in [0.29, 0.717) is 6.54 Å². The molecule has 0 radical (unpaired) electrons. The smallest absolute Gasteiger partial charge is 0.263 e. The molecule has 0 atom stereocenters. The molecule has 0 amide bonds. The Morgan fingerprint density at radius 2 is 2.18 bits per heavy atom. The molecule has 2 rings (SSSR count). The van der Waals surface area contributed by atoms with Gasteiger partial charge in [0.05, 0.1) is 5.69 Å². The van der Waals surface area contributed by atoms with Crippen molar-refractivity contribution in [2.24, 2.45) is 0 Å². The SMILES string of the molecule is CC1(C)CCCN1S(=O)(=O)c1ncccc1N. The summed E-state index contributed by atoms with van der Waals surface area (Å²) in [6.07, 6.45) is 3.18. The van der Waals surface area contributed by atoms with Crippen LogP contribution in [-0.4, -0.2) is 29.8 Å². The van der Waals surface area contributed by atoms with Gasteiger partial charge in [0.1, 0.15) is 0 Å². The minimum absolute atomic E-state index is 0.0324. The van der Waals surface area contributed by atoms with Crippen LogP contribution in [0, 0.1) is 0 Å². The summed E-state index contributed by atoms with van der Waals surface area (Å²) in [6.45, 7) is 4.39. The first kappa shape index (κ1) is 12.3. The molecule has 1 saturated heterocycles. The molecule has 0 aromatic carbocycles. The molecule has 94 valence electrons. The van der Waals surface area contributed by atoms with Crippen molar-refractivity contribution in [3.05, 3.63) is 18.3 Å². The molecule has 5 nitrogen and oxygen atoms in total. The Labute approximate surface area is 102 Å². The number of nitrogens with zero attached hydrogens (tertiary/aromatic N) is 2. The van der Waals surface area contributed by atoms with Gasteiger partial charge in [0.25, 0.3) is 10.0 Å². The van der Waals surface area contributed by atoms with Crippen LogP contribution in [0.1, 0.15) is 26.7 Å². The van der Waals surface area contributed by atoms with E-state index in [4.69, 9.17) is 5.73 Å². The summed E-state index contributed by atoms with van der Waals surface area (Å²) in [7, 11) is -3.58. The third-order valence-corrected chi connectivity index (χ3v) is 5.25. The molecule has 0 saturated carbocycles. The van der Waals surface area contributed by atoms with Crippen molar-refractivity contribution in [3.8, 4) is 0 Å². The first-order valence-electron chi connectivity index (χ1n) is 5.59. The van der Waals surface area contributed by atoms with E-state index in [9.17, 15) is 8.42 Å². The molecule has 1 fully saturated rings. The largest absolute Gasteiger partial charge is 0.396 e. The van der Waals surface area contributed by atoms with Crippen molar-refractivity contribution in [1.29, 1.82) is 0 Å².